The Morgan fingerprint density at radius 2 is 2.57 bits per heavy atom. The summed E-state index contributed by atoms with van der Waals surface area (Å²) in [7, 11) is 1.32. The second-order valence-electron chi connectivity index (χ2n) is 2.44. The maximum atomic E-state index is 10.8. The van der Waals surface area contributed by atoms with Gasteiger partial charge in [-0.3, -0.25) is 9.48 Å². The molecule has 14 heavy (non-hydrogen) atoms. The molecule has 1 heterocycles. The smallest absolute Gasteiger partial charge is 0.327 e. The molecule has 0 spiro atoms. The molecule has 0 aliphatic carbocycles. The lowest BCUT2D eigenvalue weighted by Crippen LogP contribution is -2.11. The van der Waals surface area contributed by atoms with Gasteiger partial charge in [0.25, 0.3) is 0 Å². The van der Waals surface area contributed by atoms with E-state index in [0.717, 1.165) is 0 Å². The summed E-state index contributed by atoms with van der Waals surface area (Å²) in [6.07, 6.45) is 8.07. The van der Waals surface area contributed by atoms with Gasteiger partial charge >= 0.3 is 5.97 Å². The number of rotatable bonds is 4. The molecule has 0 saturated carbocycles. The Labute approximate surface area is 81.6 Å². The molecule has 0 bridgehead atoms. The minimum absolute atomic E-state index is 0.0654. The number of hydrogen-bond acceptors (Lipinski definition) is 4. The van der Waals surface area contributed by atoms with Crippen LogP contribution in [-0.2, 0) is 16.1 Å². The van der Waals surface area contributed by atoms with Crippen molar-refractivity contribution in [3.05, 3.63) is 12.4 Å². The van der Waals surface area contributed by atoms with Crippen molar-refractivity contribution in [1.29, 1.82) is 0 Å². The standard InChI is InChI=1S/C9H10N2O3/c1-3-4-14-8-5-10-11(6-8)7-9(12)13-2/h1,5-6H,4,7H2,2H3. The predicted molar refractivity (Wildman–Crippen MR) is 48.6 cm³/mol. The van der Waals surface area contributed by atoms with Gasteiger partial charge in [-0.05, 0) is 0 Å². The lowest BCUT2D eigenvalue weighted by molar-refractivity contribution is -0.141. The zero-order chi connectivity index (χ0) is 10.4. The van der Waals surface area contributed by atoms with E-state index in [0.29, 0.717) is 5.75 Å². The van der Waals surface area contributed by atoms with Gasteiger partial charge in [-0.2, -0.15) is 5.10 Å². The van der Waals surface area contributed by atoms with Crippen molar-refractivity contribution in [2.24, 2.45) is 0 Å². The molecule has 0 radical (unpaired) electrons. The lowest BCUT2D eigenvalue weighted by Gasteiger charge is -1.98. The Balaban J connectivity index is 2.51. The van der Waals surface area contributed by atoms with Gasteiger partial charge in [0, 0.05) is 0 Å². The number of hydrogen-bond donors (Lipinski definition) is 0. The first-order valence-electron chi connectivity index (χ1n) is 3.92. The van der Waals surface area contributed by atoms with Crippen molar-refractivity contribution in [2.45, 2.75) is 6.54 Å². The summed E-state index contributed by atoms with van der Waals surface area (Å²) in [5.74, 6) is 2.50. The van der Waals surface area contributed by atoms with Gasteiger partial charge in [-0.25, -0.2) is 0 Å². The van der Waals surface area contributed by atoms with E-state index in [1.807, 2.05) is 0 Å². The van der Waals surface area contributed by atoms with Crippen LogP contribution >= 0.6 is 0 Å². The van der Waals surface area contributed by atoms with Crippen LogP contribution in [0.1, 0.15) is 0 Å². The first kappa shape index (κ1) is 10.1. The van der Waals surface area contributed by atoms with Gasteiger partial charge in [0.2, 0.25) is 0 Å². The molecule has 0 unspecified atom stereocenters. The summed E-state index contributed by atoms with van der Waals surface area (Å²) >= 11 is 0. The summed E-state index contributed by atoms with van der Waals surface area (Å²) in [4.78, 5) is 10.8. The van der Waals surface area contributed by atoms with Crippen LogP contribution in [0, 0.1) is 12.3 Å². The number of esters is 1. The third kappa shape index (κ3) is 2.83. The molecule has 0 saturated heterocycles. The fraction of sp³-hybridized carbons (Fsp3) is 0.333. The number of methoxy groups -OCH3 is 1. The molecule has 5 nitrogen and oxygen atoms in total. The largest absolute Gasteiger partial charge is 0.478 e. The third-order valence-electron chi connectivity index (χ3n) is 1.45. The van der Waals surface area contributed by atoms with Gasteiger partial charge in [0.05, 0.1) is 19.5 Å². The van der Waals surface area contributed by atoms with Gasteiger partial charge in [-0.1, -0.05) is 5.92 Å². The predicted octanol–water partition coefficient (Wildman–Crippen LogP) is 0.0681. The number of ether oxygens (including phenoxy) is 2. The van der Waals surface area contributed by atoms with E-state index in [4.69, 9.17) is 11.2 Å². The van der Waals surface area contributed by atoms with E-state index < -0.39 is 0 Å². The highest BCUT2D eigenvalue weighted by molar-refractivity contribution is 5.68. The van der Waals surface area contributed by atoms with Crippen LogP contribution < -0.4 is 4.74 Å². The van der Waals surface area contributed by atoms with E-state index in [9.17, 15) is 4.79 Å². The quantitative estimate of drug-likeness (QED) is 0.502. The molecule has 0 fully saturated rings. The molecule has 1 aromatic rings. The van der Waals surface area contributed by atoms with Gasteiger partial charge < -0.3 is 9.47 Å². The van der Waals surface area contributed by atoms with Crippen molar-refractivity contribution in [3.8, 4) is 18.1 Å². The molecule has 0 aliphatic rings. The van der Waals surface area contributed by atoms with Gasteiger partial charge in [-0.15, -0.1) is 6.42 Å². The molecular formula is C9H10N2O3. The summed E-state index contributed by atoms with van der Waals surface area (Å²) < 4.78 is 11.0. The second kappa shape index (κ2) is 4.92. The molecule has 0 atom stereocenters. The highest BCUT2D eigenvalue weighted by Crippen LogP contribution is 2.07. The molecule has 0 aromatic carbocycles. The van der Waals surface area contributed by atoms with Crippen LogP contribution in [-0.4, -0.2) is 29.5 Å². The number of aromatic nitrogens is 2. The van der Waals surface area contributed by atoms with E-state index >= 15 is 0 Å². The van der Waals surface area contributed by atoms with E-state index in [1.165, 1.54) is 18.0 Å². The van der Waals surface area contributed by atoms with Crippen LogP contribution in [0.4, 0.5) is 0 Å². The molecule has 74 valence electrons. The molecule has 0 amide bonds. The molecule has 1 aromatic heterocycles. The summed E-state index contributed by atoms with van der Waals surface area (Å²) in [5.41, 5.74) is 0. The Morgan fingerprint density at radius 1 is 1.79 bits per heavy atom. The molecular weight excluding hydrogens is 184 g/mol. The normalized spacial score (nSPS) is 9.14. The van der Waals surface area contributed by atoms with Crippen LogP contribution in [0.5, 0.6) is 5.75 Å². The van der Waals surface area contributed by atoms with Crippen LogP contribution in [0.3, 0.4) is 0 Å². The van der Waals surface area contributed by atoms with Crippen molar-refractivity contribution >= 4 is 5.97 Å². The van der Waals surface area contributed by atoms with E-state index in [2.05, 4.69) is 15.8 Å². The average molecular weight is 194 g/mol. The average Bonchev–Trinajstić information content (AvgIpc) is 2.62. The van der Waals surface area contributed by atoms with Crippen LogP contribution in [0.15, 0.2) is 12.4 Å². The minimum atomic E-state index is -0.364. The maximum absolute atomic E-state index is 10.8. The van der Waals surface area contributed by atoms with Gasteiger partial charge in [0.15, 0.2) is 5.75 Å². The van der Waals surface area contributed by atoms with E-state index in [1.54, 1.807) is 6.20 Å². The maximum Gasteiger partial charge on any atom is 0.327 e. The Hall–Kier alpha value is -1.96. The Bertz CT molecular complexity index is 351. The summed E-state index contributed by atoms with van der Waals surface area (Å²) in [5, 5.41) is 3.88. The topological polar surface area (TPSA) is 53.4 Å². The van der Waals surface area contributed by atoms with Crippen molar-refractivity contribution in [3.63, 3.8) is 0 Å². The van der Waals surface area contributed by atoms with Crippen LogP contribution in [0.25, 0.3) is 0 Å². The van der Waals surface area contributed by atoms with Gasteiger partial charge in [0.1, 0.15) is 13.2 Å². The Kier molecular flexibility index (Phi) is 3.56. The highest BCUT2D eigenvalue weighted by Gasteiger charge is 2.04. The number of carbonyl (C=O) groups excluding carboxylic acids is 1. The monoisotopic (exact) mass is 194 g/mol. The number of nitrogens with zero attached hydrogens (tertiary/aromatic N) is 2. The fourth-order valence-corrected chi connectivity index (χ4v) is 0.827. The second-order valence-corrected chi connectivity index (χ2v) is 2.44. The Morgan fingerprint density at radius 3 is 3.21 bits per heavy atom. The zero-order valence-electron chi connectivity index (χ0n) is 7.77. The van der Waals surface area contributed by atoms with Crippen molar-refractivity contribution in [1.82, 2.24) is 9.78 Å². The molecule has 5 heteroatoms. The molecule has 1 rings (SSSR count). The van der Waals surface area contributed by atoms with Crippen molar-refractivity contribution in [2.75, 3.05) is 13.7 Å². The lowest BCUT2D eigenvalue weighted by atomic mass is 10.6. The first-order chi connectivity index (χ1) is 6.76. The van der Waals surface area contributed by atoms with Crippen molar-refractivity contribution < 1.29 is 14.3 Å². The molecule has 0 aliphatic heterocycles. The SMILES string of the molecule is C#CCOc1cnn(CC(=O)OC)c1. The number of carbonyl (C=O) groups is 1. The third-order valence-corrected chi connectivity index (χ3v) is 1.45. The minimum Gasteiger partial charge on any atom is -0.478 e. The fourth-order valence-electron chi connectivity index (χ4n) is 0.827. The van der Waals surface area contributed by atoms with E-state index in [-0.39, 0.29) is 19.1 Å². The molecule has 0 N–H and O–H groups in total. The first-order valence-corrected chi connectivity index (χ1v) is 3.92. The number of terminal acetylenes is 1. The highest BCUT2D eigenvalue weighted by atomic mass is 16.5. The van der Waals surface area contributed by atoms with Crippen LogP contribution in [0.2, 0.25) is 0 Å². The summed E-state index contributed by atoms with van der Waals surface area (Å²) in [6, 6.07) is 0. The summed E-state index contributed by atoms with van der Waals surface area (Å²) in [6.45, 7) is 0.250. The zero-order valence-corrected chi connectivity index (χ0v) is 7.77.